The molecular formula is C42H72N4O6. The number of likely N-dealkylation sites (tertiary alicyclic amines) is 2. The lowest BCUT2D eigenvalue weighted by Gasteiger charge is -2.38. The molecule has 0 aromatic heterocycles. The largest absolute Gasteiger partial charge is 0.454 e. The van der Waals surface area contributed by atoms with Crippen LogP contribution in [0.15, 0.2) is 36.4 Å². The molecular weight excluding hydrogens is 656 g/mol. The molecule has 0 unspecified atom stereocenters. The fourth-order valence-corrected chi connectivity index (χ4v) is 6.20. The summed E-state index contributed by atoms with van der Waals surface area (Å²) in [6.07, 6.45) is 8.46. The summed E-state index contributed by atoms with van der Waals surface area (Å²) in [6, 6.07) is 15.1. The van der Waals surface area contributed by atoms with Crippen LogP contribution in [-0.4, -0.2) is 110 Å². The lowest BCUT2D eigenvalue weighted by Crippen LogP contribution is -2.43. The molecule has 0 aliphatic carbocycles. The summed E-state index contributed by atoms with van der Waals surface area (Å²) in [7, 11) is 6.90. The van der Waals surface area contributed by atoms with E-state index in [1.165, 1.54) is 86.4 Å². The molecule has 6 rings (SSSR count). The fraction of sp³-hybridized carbons (Fsp3) is 0.667. The maximum absolute atomic E-state index is 10.1. The Balaban J connectivity index is 0.000000317. The molecule has 0 radical (unpaired) electrons. The van der Waals surface area contributed by atoms with Gasteiger partial charge in [-0.25, -0.2) is 0 Å². The molecule has 2 aromatic carbocycles. The van der Waals surface area contributed by atoms with Gasteiger partial charge >= 0.3 is 0 Å². The van der Waals surface area contributed by atoms with Crippen LogP contribution >= 0.6 is 0 Å². The second-order valence-corrected chi connectivity index (χ2v) is 14.5. The Morgan fingerprint density at radius 2 is 0.846 bits per heavy atom. The molecule has 0 saturated carbocycles. The molecule has 10 nitrogen and oxygen atoms in total. The Morgan fingerprint density at radius 1 is 0.577 bits per heavy atom. The summed E-state index contributed by atoms with van der Waals surface area (Å²) in [5, 5.41) is 0. The van der Waals surface area contributed by atoms with E-state index in [0.717, 1.165) is 47.2 Å². The third kappa shape index (κ3) is 17.3. The van der Waals surface area contributed by atoms with E-state index >= 15 is 0 Å². The lowest BCUT2D eigenvalue weighted by atomic mass is 9.98. The van der Waals surface area contributed by atoms with Gasteiger partial charge in [0.05, 0.1) is 0 Å². The van der Waals surface area contributed by atoms with Crippen molar-refractivity contribution in [2.45, 2.75) is 132 Å². The fourth-order valence-electron chi connectivity index (χ4n) is 6.20. The number of nitrogens with zero attached hydrogens (tertiary/aromatic N) is 4. The Bertz CT molecular complexity index is 1200. The van der Waals surface area contributed by atoms with Gasteiger partial charge in [0.2, 0.25) is 25.4 Å². The van der Waals surface area contributed by atoms with Crippen molar-refractivity contribution in [3.63, 3.8) is 0 Å². The minimum atomic E-state index is 0.0926. The summed E-state index contributed by atoms with van der Waals surface area (Å²) in [4.78, 5) is 28.4. The molecule has 2 saturated heterocycles. The number of rotatable bonds is 2. The predicted octanol–water partition coefficient (Wildman–Crippen LogP) is 8.17. The van der Waals surface area contributed by atoms with Crippen LogP contribution in [0.1, 0.15) is 105 Å². The van der Waals surface area contributed by atoms with Gasteiger partial charge in [-0.3, -0.25) is 19.4 Å². The summed E-state index contributed by atoms with van der Waals surface area (Å²) >= 11 is 0. The summed E-state index contributed by atoms with van der Waals surface area (Å²) < 4.78 is 20.6. The van der Waals surface area contributed by atoms with E-state index in [-0.39, 0.29) is 11.8 Å². The molecule has 4 aliphatic heterocycles. The van der Waals surface area contributed by atoms with E-state index in [9.17, 15) is 9.59 Å². The van der Waals surface area contributed by atoms with E-state index in [1.54, 1.807) is 28.2 Å². The smallest absolute Gasteiger partial charge is 0.231 e. The van der Waals surface area contributed by atoms with Gasteiger partial charge in [0.25, 0.3) is 0 Å². The van der Waals surface area contributed by atoms with Crippen molar-refractivity contribution in [3.8, 4) is 23.0 Å². The first-order chi connectivity index (χ1) is 24.5. The van der Waals surface area contributed by atoms with Gasteiger partial charge in [-0.2, -0.15) is 0 Å². The number of carbonyl (C=O) groups is 2. The van der Waals surface area contributed by atoms with E-state index in [2.05, 4.69) is 51.3 Å². The molecule has 4 atom stereocenters. The predicted molar refractivity (Wildman–Crippen MR) is 214 cm³/mol. The molecule has 0 bridgehead atoms. The summed E-state index contributed by atoms with van der Waals surface area (Å²) in [5.41, 5.74) is 2.40. The molecule has 52 heavy (non-hydrogen) atoms. The van der Waals surface area contributed by atoms with Gasteiger partial charge < -0.3 is 28.7 Å². The van der Waals surface area contributed by atoms with Gasteiger partial charge in [0.1, 0.15) is 0 Å². The van der Waals surface area contributed by atoms with Gasteiger partial charge in [-0.1, -0.05) is 38.8 Å². The van der Waals surface area contributed by atoms with Crippen LogP contribution in [0.2, 0.25) is 0 Å². The average molecular weight is 729 g/mol. The van der Waals surface area contributed by atoms with Gasteiger partial charge in [-0.15, -0.1) is 0 Å². The van der Waals surface area contributed by atoms with E-state index in [4.69, 9.17) is 18.9 Å². The van der Waals surface area contributed by atoms with E-state index in [1.807, 2.05) is 50.2 Å². The number of ether oxygens (including phenoxy) is 4. The Kier molecular flexibility index (Phi) is 22.1. The van der Waals surface area contributed by atoms with E-state index < -0.39 is 0 Å². The number of aryl methyl sites for hydroxylation is 2. The van der Waals surface area contributed by atoms with Crippen LogP contribution in [0.3, 0.4) is 0 Å². The summed E-state index contributed by atoms with van der Waals surface area (Å²) in [6.45, 7) is 24.2. The van der Waals surface area contributed by atoms with Crippen LogP contribution in [0.5, 0.6) is 23.0 Å². The number of benzene rings is 2. The van der Waals surface area contributed by atoms with Crippen LogP contribution in [0, 0.1) is 13.8 Å². The van der Waals surface area contributed by atoms with Crippen LogP contribution < -0.4 is 18.9 Å². The van der Waals surface area contributed by atoms with Crippen molar-refractivity contribution >= 4 is 11.8 Å². The Labute approximate surface area is 316 Å². The quantitative estimate of drug-likeness (QED) is 0.306. The Hall–Kier alpha value is -3.50. The molecule has 2 fully saturated rings. The highest BCUT2D eigenvalue weighted by Crippen LogP contribution is 2.33. The van der Waals surface area contributed by atoms with Crippen molar-refractivity contribution in [3.05, 3.63) is 47.5 Å². The first-order valence-electron chi connectivity index (χ1n) is 19.1. The highest BCUT2D eigenvalue weighted by Gasteiger charge is 2.23. The topological polar surface area (TPSA) is 84.0 Å². The zero-order valence-corrected chi connectivity index (χ0v) is 35.1. The van der Waals surface area contributed by atoms with Gasteiger partial charge in [0, 0.05) is 66.2 Å². The first kappa shape index (κ1) is 46.5. The number of hydrogen-bond donors (Lipinski definition) is 0. The van der Waals surface area contributed by atoms with Gasteiger partial charge in [-0.05, 0) is 116 Å². The summed E-state index contributed by atoms with van der Waals surface area (Å²) in [5.74, 6) is 3.61. The zero-order chi connectivity index (χ0) is 39.4. The van der Waals surface area contributed by atoms with E-state index in [0.29, 0.717) is 13.6 Å². The normalized spacial score (nSPS) is 21.0. The highest BCUT2D eigenvalue weighted by atomic mass is 16.7. The molecule has 10 heteroatoms. The first-order valence-corrected chi connectivity index (χ1v) is 19.1. The van der Waals surface area contributed by atoms with Crippen LogP contribution in [-0.2, 0) is 9.59 Å². The average Bonchev–Trinajstić information content (AvgIpc) is 3.75. The number of hydrogen-bond acceptors (Lipinski definition) is 8. The zero-order valence-electron chi connectivity index (χ0n) is 35.1. The van der Waals surface area contributed by atoms with Crippen molar-refractivity contribution in [2.75, 3.05) is 54.9 Å². The Morgan fingerprint density at radius 3 is 1.08 bits per heavy atom. The molecule has 296 valence electrons. The van der Waals surface area contributed by atoms with Crippen molar-refractivity contribution in [1.29, 1.82) is 0 Å². The third-order valence-electron chi connectivity index (χ3n) is 9.80. The maximum Gasteiger partial charge on any atom is 0.231 e. The number of fused-ring (bicyclic) bond motifs is 2. The standard InChI is InChI=1S/2C9H19N.2C8H8O2.2C4H9NO/c2*1-4-10-8(2)6-5-7-9(10)3;2*1-6-2-3-7-8(4-6)10-5-9-7;2*1-4(6)5(2)3/h2*8-9H,4-7H2,1-3H3;2*2-4H,5H2,1H3;2*1-3H3/t2*8-,9+;;;;. The highest BCUT2D eigenvalue weighted by molar-refractivity contribution is 5.72. The van der Waals surface area contributed by atoms with Crippen molar-refractivity contribution < 1.29 is 28.5 Å². The second-order valence-electron chi connectivity index (χ2n) is 14.5. The minimum Gasteiger partial charge on any atom is -0.454 e. The molecule has 2 aromatic rings. The molecule has 2 amide bonds. The molecule has 4 aliphatic rings. The maximum atomic E-state index is 10.1. The van der Waals surface area contributed by atoms with Crippen molar-refractivity contribution in [1.82, 2.24) is 19.6 Å². The lowest BCUT2D eigenvalue weighted by molar-refractivity contribution is -0.127. The third-order valence-corrected chi connectivity index (χ3v) is 9.80. The van der Waals surface area contributed by atoms with Crippen LogP contribution in [0.4, 0.5) is 0 Å². The SMILES string of the molecule is CC(=O)N(C)C.CC(=O)N(C)C.CCN1[C@H](C)CCC[C@@H]1C.CCN1[C@H](C)CCC[C@@H]1C.Cc1ccc2c(c1)OCO2.Cc1ccc2c(c1)OCO2. The number of carbonyl (C=O) groups excluding carboxylic acids is 2. The van der Waals surface area contributed by atoms with Crippen LogP contribution in [0.25, 0.3) is 0 Å². The van der Waals surface area contributed by atoms with Crippen molar-refractivity contribution in [2.24, 2.45) is 0 Å². The second kappa shape index (κ2) is 24.7. The number of piperidine rings is 2. The monoisotopic (exact) mass is 729 g/mol. The molecule has 0 spiro atoms. The number of amides is 2. The molecule has 0 N–H and O–H groups in total. The minimum absolute atomic E-state index is 0.0926. The van der Waals surface area contributed by atoms with Gasteiger partial charge in [0.15, 0.2) is 23.0 Å². The molecule has 4 heterocycles.